The monoisotopic (exact) mass is 617 g/mol. The van der Waals surface area contributed by atoms with E-state index >= 15 is 0 Å². The number of piperidine rings is 1. The molecule has 12 heteroatoms. The van der Waals surface area contributed by atoms with Crippen LogP contribution in [0.2, 0.25) is 10.0 Å². The summed E-state index contributed by atoms with van der Waals surface area (Å²) in [5, 5.41) is 16.1. The Balaban J connectivity index is 1.17. The molecule has 0 aromatic heterocycles. The van der Waals surface area contributed by atoms with Gasteiger partial charge in [0.05, 0.1) is 11.3 Å². The first kappa shape index (κ1) is 27.2. The molecule has 4 fully saturated rings. The molecule has 3 N–H and O–H groups in total. The van der Waals surface area contributed by atoms with Crippen molar-refractivity contribution in [1.82, 2.24) is 15.1 Å². The molecular formula is C29H29Cl2N3O6S. The van der Waals surface area contributed by atoms with Crippen molar-refractivity contribution in [3.05, 3.63) is 80.5 Å². The zero-order valence-corrected chi connectivity index (χ0v) is 24.3. The molecule has 2 aromatic rings. The second-order valence-electron chi connectivity index (χ2n) is 11.8. The van der Waals surface area contributed by atoms with Gasteiger partial charge in [0.1, 0.15) is 17.4 Å². The Labute approximate surface area is 247 Å². The number of fused-ring (bicyclic) bond motifs is 2. The lowest BCUT2D eigenvalue weighted by molar-refractivity contribution is -0.167. The second-order valence-corrected chi connectivity index (χ2v) is 14.6. The fraction of sp³-hybridized carbons (Fsp3) is 0.448. The van der Waals surface area contributed by atoms with Gasteiger partial charge >= 0.3 is 5.97 Å². The molecule has 2 heterocycles. The highest BCUT2D eigenvalue weighted by molar-refractivity contribution is 7.91. The number of carboxylic acid groups (broad SMARTS) is 1. The molecule has 41 heavy (non-hydrogen) atoms. The maximum atomic E-state index is 12.6. The lowest BCUT2D eigenvalue weighted by Crippen LogP contribution is -2.48. The van der Waals surface area contributed by atoms with E-state index in [-0.39, 0.29) is 29.0 Å². The minimum Gasteiger partial charge on any atom is -0.478 e. The number of sulfonamides is 1. The zero-order chi connectivity index (χ0) is 28.7. The number of amides is 1. The van der Waals surface area contributed by atoms with Gasteiger partial charge < -0.3 is 15.3 Å². The topological polar surface area (TPSA) is 125 Å². The summed E-state index contributed by atoms with van der Waals surface area (Å²) < 4.78 is 26.6. The maximum Gasteiger partial charge on any atom is 0.337 e. The number of carbonyl (C=O) groups excluding carboxylic acids is 1. The molecule has 3 saturated carbocycles. The lowest BCUT2D eigenvalue weighted by Gasteiger charge is -2.38. The van der Waals surface area contributed by atoms with E-state index in [2.05, 4.69) is 10.0 Å². The van der Waals surface area contributed by atoms with Gasteiger partial charge in [-0.15, -0.1) is 5.06 Å². The summed E-state index contributed by atoms with van der Waals surface area (Å²) >= 11 is 13.3. The number of nitrogens with zero attached hydrogens (tertiary/aromatic N) is 1. The number of aliphatic carboxylic acids is 1. The van der Waals surface area contributed by atoms with Gasteiger partial charge in [-0.3, -0.25) is 4.79 Å². The fourth-order valence-corrected chi connectivity index (χ4v) is 8.64. The lowest BCUT2D eigenvalue weighted by atomic mass is 9.87. The summed E-state index contributed by atoms with van der Waals surface area (Å²) in [6.45, 7) is 0.705. The molecule has 1 saturated heterocycles. The fourth-order valence-electron chi connectivity index (χ4n) is 6.74. The van der Waals surface area contributed by atoms with Crippen molar-refractivity contribution < 1.29 is 28.0 Å². The van der Waals surface area contributed by atoms with E-state index in [0.29, 0.717) is 47.2 Å². The van der Waals surface area contributed by atoms with Crippen LogP contribution in [0.5, 0.6) is 0 Å². The number of hydrogen-bond acceptors (Lipinski definition) is 7. The van der Waals surface area contributed by atoms with E-state index < -0.39 is 38.7 Å². The third-order valence-electron chi connectivity index (χ3n) is 9.09. The van der Waals surface area contributed by atoms with E-state index in [0.717, 1.165) is 24.8 Å². The second kappa shape index (κ2) is 9.70. The first-order valence-corrected chi connectivity index (χ1v) is 16.2. The Morgan fingerprint density at radius 1 is 1.02 bits per heavy atom. The van der Waals surface area contributed by atoms with Gasteiger partial charge in [-0.25, -0.2) is 17.9 Å². The van der Waals surface area contributed by atoms with Crippen LogP contribution in [0.4, 0.5) is 0 Å². The summed E-state index contributed by atoms with van der Waals surface area (Å²) in [6.07, 6.45) is 4.35. The molecule has 7 rings (SSSR count). The predicted octanol–water partition coefficient (Wildman–Crippen LogP) is 4.53. The van der Waals surface area contributed by atoms with Crippen LogP contribution in [0.25, 0.3) is 0 Å². The van der Waals surface area contributed by atoms with Crippen LogP contribution >= 0.6 is 23.2 Å². The van der Waals surface area contributed by atoms with Gasteiger partial charge in [0.15, 0.2) is 0 Å². The van der Waals surface area contributed by atoms with Gasteiger partial charge in [-0.2, -0.15) is 0 Å². The van der Waals surface area contributed by atoms with Crippen molar-refractivity contribution in [2.45, 2.75) is 61.4 Å². The quantitative estimate of drug-likeness (QED) is 0.394. The third-order valence-corrected chi connectivity index (χ3v) is 11.6. The summed E-state index contributed by atoms with van der Waals surface area (Å²) in [5.41, 5.74) is 1.58. The van der Waals surface area contributed by atoms with Gasteiger partial charge in [0.2, 0.25) is 10.0 Å². The molecule has 2 aliphatic heterocycles. The molecule has 2 aromatic carbocycles. The summed E-state index contributed by atoms with van der Waals surface area (Å²) in [7, 11) is -3.63. The number of halogens is 2. The van der Waals surface area contributed by atoms with Crippen LogP contribution in [0.3, 0.4) is 0 Å². The Kier molecular flexibility index (Phi) is 6.44. The van der Waals surface area contributed by atoms with Crippen LogP contribution in [0, 0.1) is 11.8 Å². The Hall–Kier alpha value is -2.63. The van der Waals surface area contributed by atoms with E-state index in [4.69, 9.17) is 28.0 Å². The number of carboxylic acids is 1. The highest BCUT2D eigenvalue weighted by Crippen LogP contribution is 2.56. The van der Waals surface area contributed by atoms with E-state index in [1.807, 2.05) is 17.2 Å². The molecular weight excluding hydrogens is 589 g/mol. The Morgan fingerprint density at radius 2 is 1.71 bits per heavy atom. The van der Waals surface area contributed by atoms with Crippen molar-refractivity contribution in [3.8, 4) is 0 Å². The number of carbonyl (C=O) groups is 2. The van der Waals surface area contributed by atoms with Gasteiger partial charge in [-0.05, 0) is 74.3 Å². The average molecular weight is 619 g/mol. The van der Waals surface area contributed by atoms with Crippen molar-refractivity contribution >= 4 is 45.1 Å². The minimum absolute atomic E-state index is 0.0722. The standard InChI is InChI=1S/C29H29Cl2N3O6S/c30-20-2-1-3-21(31)23(20)25-24(28(36)37)26(15-4-5-15)40-34(25)22-13-29(12-17(22)14-32-29)18-8-6-16(7-9-18)27(35)33-41(38,39)19-10-11-19/h1-3,6-9,15,17,19,22,25,32H,4-5,10-14H2,(H,33,35)(H,36,37). The molecule has 2 bridgehead atoms. The normalized spacial score (nSPS) is 29.6. The van der Waals surface area contributed by atoms with Crippen LogP contribution in [-0.4, -0.2) is 48.3 Å². The molecule has 5 aliphatic rings. The molecule has 3 aliphatic carbocycles. The molecule has 4 atom stereocenters. The summed E-state index contributed by atoms with van der Waals surface area (Å²) in [5.74, 6) is -0.932. The highest BCUT2D eigenvalue weighted by Gasteiger charge is 2.58. The highest BCUT2D eigenvalue weighted by atomic mass is 35.5. The van der Waals surface area contributed by atoms with Crippen LogP contribution in [0.1, 0.15) is 66.1 Å². The number of allylic oxidation sites excluding steroid dienone is 1. The number of benzene rings is 2. The van der Waals surface area contributed by atoms with Crippen molar-refractivity contribution in [2.24, 2.45) is 11.8 Å². The molecule has 4 unspecified atom stereocenters. The smallest absolute Gasteiger partial charge is 0.337 e. The number of nitrogens with one attached hydrogen (secondary N) is 2. The number of hydrogen-bond donors (Lipinski definition) is 3. The summed E-state index contributed by atoms with van der Waals surface area (Å²) in [4.78, 5) is 31.7. The zero-order valence-electron chi connectivity index (χ0n) is 22.0. The summed E-state index contributed by atoms with van der Waals surface area (Å²) in [6, 6.07) is 11.3. The largest absolute Gasteiger partial charge is 0.478 e. The van der Waals surface area contributed by atoms with E-state index in [1.54, 1.807) is 30.3 Å². The Morgan fingerprint density at radius 3 is 2.32 bits per heavy atom. The third kappa shape index (κ3) is 4.64. The van der Waals surface area contributed by atoms with E-state index in [1.165, 1.54) is 0 Å². The predicted molar refractivity (Wildman–Crippen MR) is 152 cm³/mol. The number of rotatable bonds is 8. The molecule has 0 radical (unpaired) electrons. The van der Waals surface area contributed by atoms with Gasteiger partial charge in [-0.1, -0.05) is 41.4 Å². The molecule has 0 spiro atoms. The van der Waals surface area contributed by atoms with Crippen molar-refractivity contribution in [2.75, 3.05) is 6.54 Å². The first-order chi connectivity index (χ1) is 19.6. The van der Waals surface area contributed by atoms with Crippen molar-refractivity contribution in [3.63, 3.8) is 0 Å². The SMILES string of the molecule is O=C(O)C1=C(C2CC2)ON(C2CC3(c4ccc(C(=O)NS(=O)(=O)C5CC5)cc4)CC2CN3)C1c1c(Cl)cccc1Cl. The minimum atomic E-state index is -3.63. The van der Waals surface area contributed by atoms with Crippen LogP contribution in [0.15, 0.2) is 53.8 Å². The van der Waals surface area contributed by atoms with Crippen molar-refractivity contribution in [1.29, 1.82) is 0 Å². The average Bonchev–Trinajstić information content (AvgIpc) is 3.86. The van der Waals surface area contributed by atoms with Crippen LogP contribution in [-0.2, 0) is 25.2 Å². The Bertz CT molecular complexity index is 1570. The van der Waals surface area contributed by atoms with Crippen LogP contribution < -0.4 is 10.0 Å². The van der Waals surface area contributed by atoms with E-state index in [9.17, 15) is 23.1 Å². The molecule has 1 amide bonds. The van der Waals surface area contributed by atoms with Gasteiger partial charge in [0, 0.05) is 39.2 Å². The van der Waals surface area contributed by atoms with Gasteiger partial charge in [0.25, 0.3) is 5.91 Å². The number of hydroxylamine groups is 2. The maximum absolute atomic E-state index is 12.6. The first-order valence-electron chi connectivity index (χ1n) is 13.9. The molecule has 216 valence electrons. The molecule has 9 nitrogen and oxygen atoms in total.